The van der Waals surface area contributed by atoms with Crippen LogP contribution in [0.4, 0.5) is 18.3 Å². The van der Waals surface area contributed by atoms with Crippen molar-refractivity contribution in [1.82, 2.24) is 9.88 Å². The molecule has 0 N–H and O–H groups in total. The van der Waals surface area contributed by atoms with Gasteiger partial charge in [-0.2, -0.15) is 13.2 Å². The highest BCUT2D eigenvalue weighted by molar-refractivity contribution is 7.15. The number of carbonyl (C=O) groups excluding carboxylic acids is 1. The largest absolute Gasteiger partial charge is 0.416 e. The fourth-order valence-corrected chi connectivity index (χ4v) is 4.14. The maximum absolute atomic E-state index is 12.7. The van der Waals surface area contributed by atoms with E-state index >= 15 is 0 Å². The SMILES string of the molecule is CN(C)c1ncc(CN2CCC[C@H](C(=O)c3ccc(C(F)(F)F)cc3)C2)s1. The van der Waals surface area contributed by atoms with E-state index < -0.39 is 11.7 Å². The number of anilines is 1. The number of halogens is 3. The van der Waals surface area contributed by atoms with Gasteiger partial charge in [0.25, 0.3) is 0 Å². The molecule has 1 aromatic carbocycles. The van der Waals surface area contributed by atoms with Crippen molar-refractivity contribution in [2.24, 2.45) is 5.92 Å². The number of likely N-dealkylation sites (tertiary alicyclic amines) is 1. The molecule has 1 atom stereocenters. The number of hydrogen-bond donors (Lipinski definition) is 0. The van der Waals surface area contributed by atoms with Gasteiger partial charge in [-0.15, -0.1) is 11.3 Å². The first-order chi connectivity index (χ1) is 12.7. The molecule has 0 aliphatic carbocycles. The van der Waals surface area contributed by atoms with Crippen LogP contribution >= 0.6 is 11.3 Å². The molecular weight excluding hydrogens is 375 g/mol. The highest BCUT2D eigenvalue weighted by atomic mass is 32.1. The number of Topliss-reactive ketones (excluding diaryl/α,β-unsaturated/α-hetero) is 1. The molecule has 0 radical (unpaired) electrons. The maximum atomic E-state index is 12.7. The van der Waals surface area contributed by atoms with Crippen LogP contribution in [0, 0.1) is 5.92 Å². The molecule has 27 heavy (non-hydrogen) atoms. The smallest absolute Gasteiger partial charge is 0.354 e. The third-order valence-corrected chi connectivity index (χ3v) is 5.83. The van der Waals surface area contributed by atoms with E-state index in [1.165, 1.54) is 12.1 Å². The highest BCUT2D eigenvalue weighted by Gasteiger charge is 2.31. The van der Waals surface area contributed by atoms with Gasteiger partial charge in [0.15, 0.2) is 10.9 Å². The second kappa shape index (κ2) is 7.98. The maximum Gasteiger partial charge on any atom is 0.416 e. The molecule has 0 unspecified atom stereocenters. The number of ketones is 1. The Hall–Kier alpha value is -1.93. The third-order valence-electron chi connectivity index (χ3n) is 4.68. The van der Waals surface area contributed by atoms with Crippen molar-refractivity contribution >= 4 is 22.3 Å². The van der Waals surface area contributed by atoms with Crippen molar-refractivity contribution < 1.29 is 18.0 Å². The Labute approximate surface area is 160 Å². The van der Waals surface area contributed by atoms with Crippen LogP contribution in [-0.2, 0) is 12.7 Å². The molecule has 146 valence electrons. The van der Waals surface area contributed by atoms with E-state index in [4.69, 9.17) is 0 Å². The fraction of sp³-hybridized carbons (Fsp3) is 0.474. The fourth-order valence-electron chi connectivity index (χ4n) is 3.27. The molecule has 4 nitrogen and oxygen atoms in total. The summed E-state index contributed by atoms with van der Waals surface area (Å²) in [5.74, 6) is -0.261. The van der Waals surface area contributed by atoms with Crippen molar-refractivity contribution in [3.8, 4) is 0 Å². The first kappa shape index (κ1) is 19.8. The lowest BCUT2D eigenvalue weighted by atomic mass is 9.89. The van der Waals surface area contributed by atoms with Crippen molar-refractivity contribution in [1.29, 1.82) is 0 Å². The minimum Gasteiger partial charge on any atom is -0.354 e. The van der Waals surface area contributed by atoms with Crippen LogP contribution in [0.5, 0.6) is 0 Å². The minimum atomic E-state index is -4.39. The zero-order valence-electron chi connectivity index (χ0n) is 15.3. The van der Waals surface area contributed by atoms with Gasteiger partial charge in [0, 0.05) is 49.7 Å². The number of carbonyl (C=O) groups is 1. The summed E-state index contributed by atoms with van der Waals surface area (Å²) in [6.07, 6.45) is -0.858. The van der Waals surface area contributed by atoms with Gasteiger partial charge in [0.05, 0.1) is 5.56 Å². The van der Waals surface area contributed by atoms with Crippen molar-refractivity contribution in [3.63, 3.8) is 0 Å². The van der Waals surface area contributed by atoms with Crippen LogP contribution in [0.2, 0.25) is 0 Å². The standard InChI is InChI=1S/C19H22F3N3OS/c1-24(2)18-23-10-16(27-18)12-25-9-3-4-14(11-25)17(26)13-5-7-15(8-6-13)19(20,21)22/h5-8,10,14H,3-4,9,11-12H2,1-2H3/t14-/m0/s1. The second-order valence-corrected chi connectivity index (χ2v) is 8.11. The lowest BCUT2D eigenvalue weighted by Crippen LogP contribution is -2.38. The summed E-state index contributed by atoms with van der Waals surface area (Å²) in [5, 5.41) is 0.944. The van der Waals surface area contributed by atoms with E-state index in [1.807, 2.05) is 25.2 Å². The zero-order valence-corrected chi connectivity index (χ0v) is 16.1. The molecule has 1 aliphatic rings. The van der Waals surface area contributed by atoms with Gasteiger partial charge in [0.1, 0.15) is 0 Å². The summed E-state index contributed by atoms with van der Waals surface area (Å²) in [6.45, 7) is 2.27. The molecular formula is C19H22F3N3OS. The first-order valence-electron chi connectivity index (χ1n) is 8.80. The van der Waals surface area contributed by atoms with E-state index in [1.54, 1.807) is 11.3 Å². The zero-order chi connectivity index (χ0) is 19.6. The lowest BCUT2D eigenvalue weighted by Gasteiger charge is -2.31. The predicted octanol–water partition coefficient (Wildman–Crippen LogP) is 4.32. The van der Waals surface area contributed by atoms with Crippen molar-refractivity contribution in [3.05, 3.63) is 46.5 Å². The Bertz CT molecular complexity index is 786. The van der Waals surface area contributed by atoms with Crippen LogP contribution in [0.3, 0.4) is 0 Å². The summed E-state index contributed by atoms with van der Waals surface area (Å²) in [4.78, 5) is 22.4. The van der Waals surface area contributed by atoms with Crippen molar-refractivity contribution in [2.75, 3.05) is 32.1 Å². The van der Waals surface area contributed by atoms with Gasteiger partial charge < -0.3 is 4.90 Å². The van der Waals surface area contributed by atoms with Crippen LogP contribution in [0.1, 0.15) is 33.6 Å². The molecule has 1 saturated heterocycles. The van der Waals surface area contributed by atoms with E-state index in [-0.39, 0.29) is 11.7 Å². The summed E-state index contributed by atoms with van der Waals surface area (Å²) < 4.78 is 38.1. The van der Waals surface area contributed by atoms with Gasteiger partial charge in [0.2, 0.25) is 0 Å². The van der Waals surface area contributed by atoms with Crippen LogP contribution in [-0.4, -0.2) is 42.9 Å². The van der Waals surface area contributed by atoms with E-state index in [9.17, 15) is 18.0 Å². The Morgan fingerprint density at radius 1 is 1.30 bits per heavy atom. The molecule has 3 rings (SSSR count). The van der Waals surface area contributed by atoms with E-state index in [2.05, 4.69) is 9.88 Å². The van der Waals surface area contributed by atoms with Gasteiger partial charge in [-0.25, -0.2) is 4.98 Å². The molecule has 0 amide bonds. The molecule has 0 spiro atoms. The molecule has 8 heteroatoms. The number of nitrogens with zero attached hydrogens (tertiary/aromatic N) is 3. The molecule has 1 fully saturated rings. The summed E-state index contributed by atoms with van der Waals surface area (Å²) in [6, 6.07) is 4.54. The third kappa shape index (κ3) is 4.87. The van der Waals surface area contributed by atoms with Gasteiger partial charge in [-0.05, 0) is 31.5 Å². The Morgan fingerprint density at radius 3 is 2.59 bits per heavy atom. The quantitative estimate of drug-likeness (QED) is 0.704. The first-order valence-corrected chi connectivity index (χ1v) is 9.61. The average molecular weight is 397 g/mol. The predicted molar refractivity (Wildman–Crippen MR) is 100 cm³/mol. The van der Waals surface area contributed by atoms with Crippen LogP contribution in [0.15, 0.2) is 30.5 Å². The second-order valence-electron chi connectivity index (χ2n) is 7.02. The van der Waals surface area contributed by atoms with E-state index in [0.717, 1.165) is 48.1 Å². The summed E-state index contributed by atoms with van der Waals surface area (Å²) in [5.41, 5.74) is -0.381. The number of benzene rings is 1. The number of alkyl halides is 3. The number of piperidine rings is 1. The monoisotopic (exact) mass is 397 g/mol. The number of aromatic nitrogens is 1. The summed E-state index contributed by atoms with van der Waals surface area (Å²) >= 11 is 1.63. The Kier molecular flexibility index (Phi) is 5.86. The minimum absolute atomic E-state index is 0.0771. The van der Waals surface area contributed by atoms with Gasteiger partial charge >= 0.3 is 6.18 Å². The molecule has 2 heterocycles. The lowest BCUT2D eigenvalue weighted by molar-refractivity contribution is -0.137. The number of thiazole rings is 1. The van der Waals surface area contributed by atoms with Crippen LogP contribution < -0.4 is 4.90 Å². The highest BCUT2D eigenvalue weighted by Crippen LogP contribution is 2.30. The normalized spacial score (nSPS) is 18.5. The van der Waals surface area contributed by atoms with Crippen molar-refractivity contribution in [2.45, 2.75) is 25.6 Å². The summed E-state index contributed by atoms with van der Waals surface area (Å²) in [7, 11) is 3.89. The average Bonchev–Trinajstić information content (AvgIpc) is 3.09. The molecule has 1 aromatic heterocycles. The number of rotatable bonds is 5. The molecule has 1 aliphatic heterocycles. The molecule has 0 bridgehead atoms. The Morgan fingerprint density at radius 2 is 2.00 bits per heavy atom. The molecule has 0 saturated carbocycles. The topological polar surface area (TPSA) is 36.4 Å². The van der Waals surface area contributed by atoms with Gasteiger partial charge in [-0.1, -0.05) is 12.1 Å². The molecule has 2 aromatic rings. The Balaban J connectivity index is 1.63. The number of hydrogen-bond acceptors (Lipinski definition) is 5. The van der Waals surface area contributed by atoms with E-state index in [0.29, 0.717) is 12.1 Å². The van der Waals surface area contributed by atoms with Crippen LogP contribution in [0.25, 0.3) is 0 Å². The van der Waals surface area contributed by atoms with Gasteiger partial charge in [-0.3, -0.25) is 9.69 Å².